The van der Waals surface area contributed by atoms with Gasteiger partial charge in [0.1, 0.15) is 11.2 Å². The third-order valence-corrected chi connectivity index (χ3v) is 13.5. The molecular weight excluding hydrogens is 775 g/mol. The van der Waals surface area contributed by atoms with E-state index in [-0.39, 0.29) is 0 Å². The topological polar surface area (TPSA) is 51.8 Å². The molecule has 3 aromatic heterocycles. The first kappa shape index (κ1) is 34.8. The van der Waals surface area contributed by atoms with E-state index in [1.165, 1.54) is 36.7 Å². The minimum Gasteiger partial charge on any atom is -0.455 e. The minimum atomic E-state index is 0.611. The molecule has 4 nitrogen and oxygen atoms in total. The maximum atomic E-state index is 6.57. The van der Waals surface area contributed by atoms with E-state index in [0.717, 1.165) is 76.7 Å². The lowest BCUT2D eigenvalue weighted by molar-refractivity contribution is 0.673. The Hall–Kier alpha value is -7.99. The van der Waals surface area contributed by atoms with Crippen molar-refractivity contribution < 1.29 is 4.42 Å². The van der Waals surface area contributed by atoms with Crippen molar-refractivity contribution in [3.63, 3.8) is 0 Å². The fourth-order valence-corrected chi connectivity index (χ4v) is 10.6. The van der Waals surface area contributed by atoms with Gasteiger partial charge in [-0.25, -0.2) is 15.0 Å². The Morgan fingerprint density at radius 2 is 0.903 bits per heavy atom. The van der Waals surface area contributed by atoms with Gasteiger partial charge in [-0.3, -0.25) is 0 Å². The Morgan fingerprint density at radius 1 is 0.323 bits per heavy atom. The lowest BCUT2D eigenvalue weighted by atomic mass is 9.94. The summed E-state index contributed by atoms with van der Waals surface area (Å²) in [5.41, 5.74) is 9.17. The molecule has 0 aliphatic heterocycles. The van der Waals surface area contributed by atoms with Crippen LogP contribution >= 0.6 is 11.3 Å². The molecule has 0 atom stereocenters. The lowest BCUT2D eigenvalue weighted by Crippen LogP contribution is -2.01. The quantitative estimate of drug-likeness (QED) is 0.174. The van der Waals surface area contributed by atoms with Gasteiger partial charge in [-0.1, -0.05) is 164 Å². The molecule has 3 heterocycles. The first-order valence-electron chi connectivity index (χ1n) is 20.8. The molecule has 0 amide bonds. The maximum Gasteiger partial charge on any atom is 0.164 e. The molecular formula is C57H33N3OS. The summed E-state index contributed by atoms with van der Waals surface area (Å²) >= 11 is 1.85. The molecule has 0 saturated heterocycles. The Bertz CT molecular complexity index is 3950. The highest BCUT2D eigenvalue weighted by molar-refractivity contribution is 7.25. The zero-order chi connectivity index (χ0) is 40.7. The van der Waals surface area contributed by atoms with Crippen LogP contribution in [0.4, 0.5) is 0 Å². The smallest absolute Gasteiger partial charge is 0.164 e. The first-order valence-corrected chi connectivity index (χ1v) is 21.7. The Morgan fingerprint density at radius 3 is 1.79 bits per heavy atom. The summed E-state index contributed by atoms with van der Waals surface area (Å²) in [6.45, 7) is 0. The SMILES string of the molecule is c1cc(-c2nc(-c3ccc4c(-c5cccc6sc7ccccc7c56)cccc4c3)nc(-c3cccc4ccccc34)n2)cc(-c2cccc3oc4c5ccccc5ccc4c23)c1. The van der Waals surface area contributed by atoms with Crippen molar-refractivity contribution in [2.24, 2.45) is 0 Å². The maximum absolute atomic E-state index is 6.57. The Labute approximate surface area is 360 Å². The fraction of sp³-hybridized carbons (Fsp3) is 0. The molecule has 62 heavy (non-hydrogen) atoms. The van der Waals surface area contributed by atoms with Crippen molar-refractivity contribution in [2.75, 3.05) is 0 Å². The predicted octanol–water partition coefficient (Wildman–Crippen LogP) is 15.9. The molecule has 10 aromatic carbocycles. The second kappa shape index (κ2) is 13.8. The summed E-state index contributed by atoms with van der Waals surface area (Å²) in [4.78, 5) is 15.8. The van der Waals surface area contributed by atoms with Crippen molar-refractivity contribution in [2.45, 2.75) is 0 Å². The van der Waals surface area contributed by atoms with Gasteiger partial charge in [0.15, 0.2) is 17.5 Å². The van der Waals surface area contributed by atoms with Crippen molar-refractivity contribution in [1.29, 1.82) is 0 Å². The molecule has 0 radical (unpaired) electrons. The van der Waals surface area contributed by atoms with Crippen LogP contribution in [0.5, 0.6) is 0 Å². The van der Waals surface area contributed by atoms with E-state index in [2.05, 4.69) is 200 Å². The van der Waals surface area contributed by atoms with Gasteiger partial charge in [0, 0.05) is 53.0 Å². The number of rotatable bonds is 5. The Kier molecular flexibility index (Phi) is 7.74. The van der Waals surface area contributed by atoms with Crippen molar-refractivity contribution in [3.05, 3.63) is 200 Å². The van der Waals surface area contributed by atoms with E-state index in [9.17, 15) is 0 Å². The number of furan rings is 1. The first-order chi connectivity index (χ1) is 30.7. The van der Waals surface area contributed by atoms with E-state index in [1.807, 2.05) is 11.3 Å². The molecule has 0 bridgehead atoms. The molecule has 0 aliphatic carbocycles. The summed E-state index contributed by atoms with van der Waals surface area (Å²) in [7, 11) is 0. The molecule has 13 rings (SSSR count). The van der Waals surface area contributed by atoms with Crippen LogP contribution in [0.3, 0.4) is 0 Å². The number of thiophene rings is 1. The van der Waals surface area contributed by atoms with Gasteiger partial charge in [-0.05, 0) is 85.6 Å². The normalized spacial score (nSPS) is 11.9. The van der Waals surface area contributed by atoms with Crippen LogP contribution in [0.15, 0.2) is 205 Å². The second-order valence-corrected chi connectivity index (χ2v) is 17.0. The third-order valence-electron chi connectivity index (χ3n) is 12.3. The highest BCUT2D eigenvalue weighted by Crippen LogP contribution is 2.43. The molecule has 13 aromatic rings. The summed E-state index contributed by atoms with van der Waals surface area (Å²) in [6.07, 6.45) is 0. The zero-order valence-corrected chi connectivity index (χ0v) is 34.0. The van der Waals surface area contributed by atoms with Crippen molar-refractivity contribution in [3.8, 4) is 56.4 Å². The summed E-state index contributed by atoms with van der Waals surface area (Å²) in [5.74, 6) is 1.86. The van der Waals surface area contributed by atoms with E-state index >= 15 is 0 Å². The number of aromatic nitrogens is 3. The van der Waals surface area contributed by atoms with E-state index in [0.29, 0.717) is 17.5 Å². The molecule has 0 fully saturated rings. The van der Waals surface area contributed by atoms with Gasteiger partial charge >= 0.3 is 0 Å². The van der Waals surface area contributed by atoms with E-state index in [4.69, 9.17) is 19.4 Å². The molecule has 288 valence electrons. The molecule has 0 aliphatic rings. The van der Waals surface area contributed by atoms with Crippen molar-refractivity contribution in [1.82, 2.24) is 15.0 Å². The zero-order valence-electron chi connectivity index (χ0n) is 33.2. The molecule has 5 heteroatoms. The summed E-state index contributed by atoms with van der Waals surface area (Å²) < 4.78 is 9.17. The van der Waals surface area contributed by atoms with Crippen molar-refractivity contribution >= 4 is 85.8 Å². The van der Waals surface area contributed by atoms with Crippen LogP contribution in [0.2, 0.25) is 0 Å². The highest BCUT2D eigenvalue weighted by atomic mass is 32.1. The highest BCUT2D eigenvalue weighted by Gasteiger charge is 2.19. The average Bonchev–Trinajstić information content (AvgIpc) is 3.93. The second-order valence-electron chi connectivity index (χ2n) is 15.9. The summed E-state index contributed by atoms with van der Waals surface area (Å²) in [6, 6.07) is 70.9. The molecule has 0 saturated carbocycles. The van der Waals surface area contributed by atoms with Crippen LogP contribution in [0.25, 0.3) is 131 Å². The van der Waals surface area contributed by atoms with E-state index < -0.39 is 0 Å². The number of fused-ring (bicyclic) bond motifs is 10. The van der Waals surface area contributed by atoms with Crippen LogP contribution in [0, 0.1) is 0 Å². The third kappa shape index (κ3) is 5.49. The lowest BCUT2D eigenvalue weighted by Gasteiger charge is -2.13. The monoisotopic (exact) mass is 807 g/mol. The number of nitrogens with zero attached hydrogens (tertiary/aromatic N) is 3. The van der Waals surface area contributed by atoms with Crippen LogP contribution in [0.1, 0.15) is 0 Å². The molecule has 0 spiro atoms. The minimum absolute atomic E-state index is 0.611. The van der Waals surface area contributed by atoms with Gasteiger partial charge in [-0.2, -0.15) is 0 Å². The number of hydrogen-bond donors (Lipinski definition) is 0. The van der Waals surface area contributed by atoms with Crippen LogP contribution in [-0.4, -0.2) is 15.0 Å². The summed E-state index contributed by atoms with van der Waals surface area (Å²) in [5, 5.41) is 11.6. The number of hydrogen-bond acceptors (Lipinski definition) is 5. The van der Waals surface area contributed by atoms with Crippen LogP contribution < -0.4 is 0 Å². The molecule has 0 N–H and O–H groups in total. The van der Waals surface area contributed by atoms with Gasteiger partial charge in [0.05, 0.1) is 0 Å². The van der Waals surface area contributed by atoms with Gasteiger partial charge in [0.2, 0.25) is 0 Å². The fourth-order valence-electron chi connectivity index (χ4n) is 9.45. The molecule has 0 unspecified atom stereocenters. The average molecular weight is 808 g/mol. The standard InChI is InChI=1S/C57H33N3OS/c1-3-18-40-34(12-1)14-8-24-46(40)57-59-55(38-17-7-15-37(33-38)42-21-10-25-49-52(42)48-31-28-35-13-2-4-19-43(35)54(48)61-49)58-56(60-57)39-29-30-41-36(32-39)16-9-22-44(41)45-23-11-27-51-53(45)47-20-5-6-26-50(47)62-51/h1-33H. The largest absolute Gasteiger partial charge is 0.455 e. The van der Waals surface area contributed by atoms with Crippen LogP contribution in [-0.2, 0) is 0 Å². The predicted molar refractivity (Wildman–Crippen MR) is 260 cm³/mol. The number of benzene rings is 10. The van der Waals surface area contributed by atoms with Gasteiger partial charge in [0.25, 0.3) is 0 Å². The van der Waals surface area contributed by atoms with E-state index in [1.54, 1.807) is 0 Å². The van der Waals surface area contributed by atoms with Gasteiger partial charge in [-0.15, -0.1) is 11.3 Å². The van der Waals surface area contributed by atoms with Gasteiger partial charge < -0.3 is 4.42 Å². The Balaban J connectivity index is 0.982.